The summed E-state index contributed by atoms with van der Waals surface area (Å²) in [5.41, 5.74) is 2.20. The van der Waals surface area contributed by atoms with Gasteiger partial charge in [0.15, 0.2) is 0 Å². The number of ether oxygens (including phenoxy) is 1. The number of benzene rings is 1. The highest BCUT2D eigenvalue weighted by Crippen LogP contribution is 2.29. The number of nitrogens with one attached hydrogen (secondary N) is 2. The van der Waals surface area contributed by atoms with Gasteiger partial charge in [0.05, 0.1) is 11.7 Å². The lowest BCUT2D eigenvalue weighted by Crippen LogP contribution is -2.38. The van der Waals surface area contributed by atoms with Crippen LogP contribution in [-0.2, 0) is 9.53 Å². The molecule has 25 heavy (non-hydrogen) atoms. The minimum absolute atomic E-state index is 0.0249. The molecule has 2 atom stereocenters. The summed E-state index contributed by atoms with van der Waals surface area (Å²) in [5.74, 6) is -0.228. The van der Waals surface area contributed by atoms with Crippen molar-refractivity contribution >= 4 is 17.5 Å². The third kappa shape index (κ3) is 4.64. The zero-order chi connectivity index (χ0) is 17.6. The maximum atomic E-state index is 12.2. The van der Waals surface area contributed by atoms with E-state index in [2.05, 4.69) is 15.6 Å². The van der Waals surface area contributed by atoms with E-state index in [0.29, 0.717) is 17.9 Å². The molecule has 1 aliphatic heterocycles. The Morgan fingerprint density at radius 3 is 2.88 bits per heavy atom. The van der Waals surface area contributed by atoms with Gasteiger partial charge in [0.1, 0.15) is 0 Å². The van der Waals surface area contributed by atoms with Crippen LogP contribution in [0.2, 0.25) is 0 Å². The highest BCUT2D eigenvalue weighted by molar-refractivity contribution is 6.04. The molecule has 2 amide bonds. The number of anilines is 1. The Kier molecular flexibility index (Phi) is 5.40. The van der Waals surface area contributed by atoms with E-state index >= 15 is 0 Å². The predicted octanol–water partition coefficient (Wildman–Crippen LogP) is 2.69. The quantitative estimate of drug-likeness (QED) is 0.897. The zero-order valence-electron chi connectivity index (χ0n) is 14.1. The molecule has 1 saturated heterocycles. The Morgan fingerprint density at radius 1 is 1.24 bits per heavy atom. The molecule has 6 heteroatoms. The van der Waals surface area contributed by atoms with E-state index in [0.717, 1.165) is 18.4 Å². The predicted molar refractivity (Wildman–Crippen MR) is 94.2 cm³/mol. The molecular formula is C19H21N3O3. The normalized spacial score (nSPS) is 19.9. The summed E-state index contributed by atoms with van der Waals surface area (Å²) in [5, 5.41) is 5.83. The third-order valence-electron chi connectivity index (χ3n) is 4.13. The molecule has 1 aromatic carbocycles. The lowest BCUT2D eigenvalue weighted by molar-refractivity contribution is -0.120. The fourth-order valence-corrected chi connectivity index (χ4v) is 2.96. The minimum Gasteiger partial charge on any atom is -0.373 e. The van der Waals surface area contributed by atoms with Gasteiger partial charge in [-0.2, -0.15) is 0 Å². The summed E-state index contributed by atoms with van der Waals surface area (Å²) >= 11 is 0. The van der Waals surface area contributed by atoms with Gasteiger partial charge in [0, 0.05) is 37.7 Å². The van der Waals surface area contributed by atoms with E-state index in [4.69, 9.17) is 4.74 Å². The summed E-state index contributed by atoms with van der Waals surface area (Å²) in [7, 11) is 0. The van der Waals surface area contributed by atoms with Crippen molar-refractivity contribution in [1.82, 2.24) is 10.3 Å². The number of nitrogens with zero attached hydrogens (tertiary/aromatic N) is 1. The first kappa shape index (κ1) is 17.1. The molecule has 1 fully saturated rings. The standard InChI is InChI=1S/C19H21N3O3/c1-13(23)21-17-7-9-25-18(11-17)14-4-2-6-16(10-14)22-19(24)15-5-3-8-20-12-15/h2-6,8,10,12,17-18H,7,9,11H2,1H3,(H,21,23)(H,22,24)/t17-,18+/m0/s1. The van der Waals surface area contributed by atoms with Gasteiger partial charge in [0.25, 0.3) is 5.91 Å². The first-order chi connectivity index (χ1) is 12.1. The number of hydrogen-bond donors (Lipinski definition) is 2. The first-order valence-electron chi connectivity index (χ1n) is 8.32. The van der Waals surface area contributed by atoms with Gasteiger partial charge in [-0.15, -0.1) is 0 Å². The van der Waals surface area contributed by atoms with E-state index in [1.807, 2.05) is 24.3 Å². The SMILES string of the molecule is CC(=O)N[C@H]1CCO[C@@H](c2cccc(NC(=O)c3cccnc3)c2)C1. The van der Waals surface area contributed by atoms with Crippen LogP contribution in [-0.4, -0.2) is 29.4 Å². The van der Waals surface area contributed by atoms with Gasteiger partial charge in [-0.3, -0.25) is 14.6 Å². The zero-order valence-corrected chi connectivity index (χ0v) is 14.1. The topological polar surface area (TPSA) is 80.3 Å². The van der Waals surface area contributed by atoms with Crippen LogP contribution < -0.4 is 10.6 Å². The van der Waals surface area contributed by atoms with Crippen LogP contribution in [0.15, 0.2) is 48.8 Å². The number of carbonyl (C=O) groups excluding carboxylic acids is 2. The average molecular weight is 339 g/mol. The highest BCUT2D eigenvalue weighted by atomic mass is 16.5. The van der Waals surface area contributed by atoms with Crippen molar-refractivity contribution in [1.29, 1.82) is 0 Å². The second kappa shape index (κ2) is 7.90. The maximum Gasteiger partial charge on any atom is 0.257 e. The number of amides is 2. The van der Waals surface area contributed by atoms with Gasteiger partial charge in [-0.1, -0.05) is 12.1 Å². The molecule has 3 rings (SSSR count). The largest absolute Gasteiger partial charge is 0.373 e. The van der Waals surface area contributed by atoms with Gasteiger partial charge in [-0.05, 0) is 42.7 Å². The van der Waals surface area contributed by atoms with Crippen molar-refractivity contribution in [3.63, 3.8) is 0 Å². The minimum atomic E-state index is -0.203. The van der Waals surface area contributed by atoms with Crippen LogP contribution >= 0.6 is 0 Å². The Bertz CT molecular complexity index is 749. The molecule has 0 unspecified atom stereocenters. The summed E-state index contributed by atoms with van der Waals surface area (Å²) < 4.78 is 5.85. The molecule has 2 aromatic rings. The summed E-state index contributed by atoms with van der Waals surface area (Å²) in [6, 6.07) is 11.2. The third-order valence-corrected chi connectivity index (χ3v) is 4.13. The van der Waals surface area contributed by atoms with E-state index in [-0.39, 0.29) is 24.0 Å². The fraction of sp³-hybridized carbons (Fsp3) is 0.316. The number of carbonyl (C=O) groups is 2. The van der Waals surface area contributed by atoms with E-state index < -0.39 is 0 Å². The Morgan fingerprint density at radius 2 is 2.12 bits per heavy atom. The first-order valence-corrected chi connectivity index (χ1v) is 8.32. The molecule has 130 valence electrons. The van der Waals surface area contributed by atoms with E-state index in [1.54, 1.807) is 18.3 Å². The smallest absolute Gasteiger partial charge is 0.257 e. The van der Waals surface area contributed by atoms with Gasteiger partial charge < -0.3 is 15.4 Å². The van der Waals surface area contributed by atoms with Crippen LogP contribution in [0.1, 0.15) is 41.8 Å². The second-order valence-electron chi connectivity index (χ2n) is 6.10. The Balaban J connectivity index is 1.69. The van der Waals surface area contributed by atoms with Crippen molar-refractivity contribution in [2.45, 2.75) is 31.9 Å². The summed E-state index contributed by atoms with van der Waals surface area (Å²) in [4.78, 5) is 27.5. The van der Waals surface area contributed by atoms with Crippen LogP contribution in [0.25, 0.3) is 0 Å². The Labute approximate surface area is 146 Å². The average Bonchev–Trinajstić information content (AvgIpc) is 2.62. The molecule has 0 saturated carbocycles. The summed E-state index contributed by atoms with van der Waals surface area (Å²) in [6.07, 6.45) is 4.60. The van der Waals surface area contributed by atoms with Crippen molar-refractivity contribution in [3.05, 3.63) is 59.9 Å². The lowest BCUT2D eigenvalue weighted by Gasteiger charge is -2.30. The number of hydrogen-bond acceptors (Lipinski definition) is 4. The molecule has 0 bridgehead atoms. The lowest BCUT2D eigenvalue weighted by atomic mass is 9.97. The molecule has 2 heterocycles. The van der Waals surface area contributed by atoms with Crippen molar-refractivity contribution in [3.8, 4) is 0 Å². The van der Waals surface area contributed by atoms with E-state index in [1.165, 1.54) is 13.1 Å². The van der Waals surface area contributed by atoms with Crippen molar-refractivity contribution < 1.29 is 14.3 Å². The molecule has 1 aromatic heterocycles. The maximum absolute atomic E-state index is 12.2. The molecular weight excluding hydrogens is 318 g/mol. The summed E-state index contributed by atoms with van der Waals surface area (Å²) in [6.45, 7) is 2.13. The van der Waals surface area contributed by atoms with Crippen LogP contribution in [0.3, 0.4) is 0 Å². The van der Waals surface area contributed by atoms with Crippen LogP contribution in [0.5, 0.6) is 0 Å². The van der Waals surface area contributed by atoms with Crippen molar-refractivity contribution in [2.75, 3.05) is 11.9 Å². The molecule has 0 spiro atoms. The number of aromatic nitrogens is 1. The number of pyridine rings is 1. The van der Waals surface area contributed by atoms with Gasteiger partial charge in [-0.25, -0.2) is 0 Å². The van der Waals surface area contributed by atoms with E-state index in [9.17, 15) is 9.59 Å². The van der Waals surface area contributed by atoms with Gasteiger partial charge >= 0.3 is 0 Å². The molecule has 1 aliphatic rings. The van der Waals surface area contributed by atoms with Crippen molar-refractivity contribution in [2.24, 2.45) is 0 Å². The molecule has 2 N–H and O–H groups in total. The monoisotopic (exact) mass is 339 g/mol. The van der Waals surface area contributed by atoms with Crippen LogP contribution in [0, 0.1) is 0 Å². The van der Waals surface area contributed by atoms with Crippen LogP contribution in [0.4, 0.5) is 5.69 Å². The number of rotatable bonds is 4. The fourth-order valence-electron chi connectivity index (χ4n) is 2.96. The second-order valence-corrected chi connectivity index (χ2v) is 6.10. The molecule has 0 aliphatic carbocycles. The van der Waals surface area contributed by atoms with Gasteiger partial charge in [0.2, 0.25) is 5.91 Å². The highest BCUT2D eigenvalue weighted by Gasteiger charge is 2.24. The molecule has 6 nitrogen and oxygen atoms in total. The Hall–Kier alpha value is -2.73. The molecule has 0 radical (unpaired) electrons.